The van der Waals surface area contributed by atoms with Crippen molar-refractivity contribution in [2.45, 2.75) is 6.61 Å². The first-order chi connectivity index (χ1) is 10.7. The molecule has 0 radical (unpaired) electrons. The third-order valence-electron chi connectivity index (χ3n) is 2.80. The van der Waals surface area contributed by atoms with Crippen LogP contribution in [-0.2, 0) is 11.3 Å². The van der Waals surface area contributed by atoms with Crippen molar-refractivity contribution >= 4 is 29.2 Å². The fourth-order valence-corrected chi connectivity index (χ4v) is 2.13. The molecule has 0 atom stereocenters. The molecule has 0 heterocycles. The molecule has 0 aliphatic rings. The van der Waals surface area contributed by atoms with Crippen LogP contribution in [0, 0.1) is 29.1 Å². The van der Waals surface area contributed by atoms with Crippen molar-refractivity contribution in [3.63, 3.8) is 0 Å². The summed E-state index contributed by atoms with van der Waals surface area (Å²) in [5.41, 5.74) is -1.44. The van der Waals surface area contributed by atoms with Crippen LogP contribution < -0.4 is 0 Å². The van der Waals surface area contributed by atoms with Gasteiger partial charge in [-0.2, -0.15) is 0 Å². The van der Waals surface area contributed by atoms with Gasteiger partial charge in [0.1, 0.15) is 6.61 Å². The standard InChI is InChI=1S/C14H5Cl2F5O2/c15-5-1-2-6(8(16)3-5)14(22)23-4-7-9(17)11(19)13(21)12(20)10(7)18/h1-3H,4H2. The first-order valence-corrected chi connectivity index (χ1v) is 6.62. The number of esters is 1. The lowest BCUT2D eigenvalue weighted by molar-refractivity contribution is 0.0462. The molecule has 122 valence electrons. The van der Waals surface area contributed by atoms with Crippen LogP contribution in [0.5, 0.6) is 0 Å². The van der Waals surface area contributed by atoms with E-state index in [1.54, 1.807) is 0 Å². The molecule has 2 nitrogen and oxygen atoms in total. The minimum Gasteiger partial charge on any atom is -0.457 e. The van der Waals surface area contributed by atoms with Gasteiger partial charge in [0.25, 0.3) is 0 Å². The Kier molecular flexibility index (Phi) is 5.11. The second-order valence-corrected chi connectivity index (χ2v) is 5.09. The lowest BCUT2D eigenvalue weighted by atomic mass is 10.1. The quantitative estimate of drug-likeness (QED) is 0.327. The van der Waals surface area contributed by atoms with E-state index in [9.17, 15) is 26.7 Å². The molecule has 0 aliphatic heterocycles. The molecule has 0 N–H and O–H groups in total. The second kappa shape index (κ2) is 6.72. The molecule has 23 heavy (non-hydrogen) atoms. The predicted octanol–water partition coefficient (Wildman–Crippen LogP) is 5.05. The van der Waals surface area contributed by atoms with Crippen LogP contribution in [0.1, 0.15) is 15.9 Å². The summed E-state index contributed by atoms with van der Waals surface area (Å²) < 4.78 is 70.3. The average Bonchev–Trinajstić information content (AvgIpc) is 2.50. The van der Waals surface area contributed by atoms with Gasteiger partial charge in [0.2, 0.25) is 5.82 Å². The fourth-order valence-electron chi connectivity index (χ4n) is 1.65. The van der Waals surface area contributed by atoms with Crippen LogP contribution in [0.15, 0.2) is 18.2 Å². The van der Waals surface area contributed by atoms with Crippen LogP contribution in [-0.4, -0.2) is 5.97 Å². The predicted molar refractivity (Wildman–Crippen MR) is 71.8 cm³/mol. The SMILES string of the molecule is O=C(OCc1c(F)c(F)c(F)c(F)c1F)c1ccc(Cl)cc1Cl. The van der Waals surface area contributed by atoms with E-state index in [0.29, 0.717) is 0 Å². The minimum atomic E-state index is -2.30. The van der Waals surface area contributed by atoms with E-state index in [0.717, 1.165) is 0 Å². The van der Waals surface area contributed by atoms with E-state index in [4.69, 9.17) is 23.2 Å². The zero-order chi connectivity index (χ0) is 17.3. The van der Waals surface area contributed by atoms with Gasteiger partial charge in [-0.15, -0.1) is 0 Å². The summed E-state index contributed by atoms with van der Waals surface area (Å²) in [4.78, 5) is 11.8. The number of carbonyl (C=O) groups excluding carboxylic acids is 1. The molecule has 0 saturated heterocycles. The molecule has 2 aromatic rings. The van der Waals surface area contributed by atoms with E-state index in [1.165, 1.54) is 18.2 Å². The molecule has 0 amide bonds. The van der Waals surface area contributed by atoms with Gasteiger partial charge < -0.3 is 4.74 Å². The number of benzene rings is 2. The highest BCUT2D eigenvalue weighted by Gasteiger charge is 2.26. The van der Waals surface area contributed by atoms with Crippen molar-refractivity contribution in [1.82, 2.24) is 0 Å². The van der Waals surface area contributed by atoms with Crippen LogP contribution in [0.3, 0.4) is 0 Å². The van der Waals surface area contributed by atoms with Crippen molar-refractivity contribution in [2.24, 2.45) is 0 Å². The number of carbonyl (C=O) groups is 1. The molecule has 0 fully saturated rings. The Bertz CT molecular complexity index is 766. The van der Waals surface area contributed by atoms with Crippen LogP contribution >= 0.6 is 23.2 Å². The van der Waals surface area contributed by atoms with Gasteiger partial charge >= 0.3 is 5.97 Å². The number of hydrogen-bond donors (Lipinski definition) is 0. The van der Waals surface area contributed by atoms with Crippen molar-refractivity contribution in [2.75, 3.05) is 0 Å². The molecule has 2 rings (SSSR count). The van der Waals surface area contributed by atoms with Crippen molar-refractivity contribution in [1.29, 1.82) is 0 Å². The highest BCUT2D eigenvalue weighted by atomic mass is 35.5. The van der Waals surface area contributed by atoms with Gasteiger partial charge in [-0.25, -0.2) is 26.7 Å². The Hall–Kier alpha value is -1.86. The van der Waals surface area contributed by atoms with Crippen LogP contribution in [0.25, 0.3) is 0 Å². The number of rotatable bonds is 3. The molecule has 0 spiro atoms. The summed E-state index contributed by atoms with van der Waals surface area (Å²) in [6, 6.07) is 3.71. The number of halogens is 7. The average molecular weight is 371 g/mol. The normalized spacial score (nSPS) is 10.7. The highest BCUT2D eigenvalue weighted by Crippen LogP contribution is 2.25. The molecule has 0 aromatic heterocycles. The van der Waals surface area contributed by atoms with E-state index < -0.39 is 47.2 Å². The molecule has 0 aliphatic carbocycles. The van der Waals surface area contributed by atoms with Gasteiger partial charge in [0, 0.05) is 5.02 Å². The summed E-state index contributed by atoms with van der Waals surface area (Å²) in [5.74, 6) is -11.8. The maximum Gasteiger partial charge on any atom is 0.339 e. The molecular formula is C14H5Cl2F5O2. The molecule has 0 unspecified atom stereocenters. The highest BCUT2D eigenvalue weighted by molar-refractivity contribution is 6.36. The summed E-state index contributed by atoms with van der Waals surface area (Å²) in [5, 5.41) is 0.131. The maximum atomic E-state index is 13.4. The summed E-state index contributed by atoms with van der Waals surface area (Å²) in [7, 11) is 0. The molecule has 2 aromatic carbocycles. The van der Waals surface area contributed by atoms with E-state index in [1.807, 2.05) is 0 Å². The third-order valence-corrected chi connectivity index (χ3v) is 3.35. The van der Waals surface area contributed by atoms with Gasteiger partial charge in [-0.05, 0) is 18.2 Å². The summed E-state index contributed by atoms with van der Waals surface area (Å²) in [6.45, 7) is -1.16. The van der Waals surface area contributed by atoms with Crippen molar-refractivity contribution < 1.29 is 31.5 Å². The lowest BCUT2D eigenvalue weighted by Gasteiger charge is -2.10. The lowest BCUT2D eigenvalue weighted by Crippen LogP contribution is -2.12. The van der Waals surface area contributed by atoms with Gasteiger partial charge in [0.15, 0.2) is 23.3 Å². The first kappa shape index (κ1) is 17.5. The van der Waals surface area contributed by atoms with E-state index in [-0.39, 0.29) is 15.6 Å². The van der Waals surface area contributed by atoms with E-state index >= 15 is 0 Å². The van der Waals surface area contributed by atoms with Crippen LogP contribution in [0.4, 0.5) is 22.0 Å². The Balaban J connectivity index is 2.26. The minimum absolute atomic E-state index is 0.0973. The Morgan fingerprint density at radius 2 is 1.43 bits per heavy atom. The monoisotopic (exact) mass is 370 g/mol. The zero-order valence-corrected chi connectivity index (χ0v) is 12.4. The Morgan fingerprint density at radius 3 is 1.96 bits per heavy atom. The topological polar surface area (TPSA) is 26.3 Å². The van der Waals surface area contributed by atoms with Crippen molar-refractivity contribution in [3.8, 4) is 0 Å². The van der Waals surface area contributed by atoms with Gasteiger partial charge in [0.05, 0.1) is 16.1 Å². The molecule has 9 heteroatoms. The third kappa shape index (κ3) is 3.40. The summed E-state index contributed by atoms with van der Waals surface area (Å²) in [6.07, 6.45) is 0. The van der Waals surface area contributed by atoms with Crippen LogP contribution in [0.2, 0.25) is 10.0 Å². The number of ether oxygens (including phenoxy) is 1. The number of hydrogen-bond acceptors (Lipinski definition) is 2. The van der Waals surface area contributed by atoms with E-state index in [2.05, 4.69) is 4.74 Å². The largest absolute Gasteiger partial charge is 0.457 e. The Morgan fingerprint density at radius 1 is 0.913 bits per heavy atom. The molecular weight excluding hydrogens is 366 g/mol. The van der Waals surface area contributed by atoms with Gasteiger partial charge in [-0.1, -0.05) is 23.2 Å². The fraction of sp³-hybridized carbons (Fsp3) is 0.0714. The smallest absolute Gasteiger partial charge is 0.339 e. The molecule has 0 bridgehead atoms. The van der Waals surface area contributed by atoms with Crippen molar-refractivity contribution in [3.05, 3.63) is 68.5 Å². The second-order valence-electron chi connectivity index (χ2n) is 4.25. The zero-order valence-electron chi connectivity index (χ0n) is 10.9. The summed E-state index contributed by atoms with van der Waals surface area (Å²) >= 11 is 11.4. The molecule has 0 saturated carbocycles. The first-order valence-electron chi connectivity index (χ1n) is 5.86. The Labute approximate surface area is 136 Å². The van der Waals surface area contributed by atoms with Gasteiger partial charge in [-0.3, -0.25) is 0 Å². The maximum absolute atomic E-state index is 13.4.